The Morgan fingerprint density at radius 3 is 2.81 bits per heavy atom. The molecule has 0 aromatic heterocycles. The predicted octanol–water partition coefficient (Wildman–Crippen LogP) is 1.67. The molecule has 0 radical (unpaired) electrons. The molecule has 1 aliphatic heterocycles. The van der Waals surface area contributed by atoms with Crippen LogP contribution in [0.3, 0.4) is 0 Å². The zero-order chi connectivity index (χ0) is 11.1. The van der Waals surface area contributed by atoms with Crippen LogP contribution >= 0.6 is 0 Å². The Hall–Kier alpha value is -1.82. The molecule has 3 unspecified atom stereocenters. The van der Waals surface area contributed by atoms with Gasteiger partial charge in [0.2, 0.25) is 0 Å². The number of fused-ring (bicyclic) bond motifs is 1. The molecule has 1 amide bonds. The Morgan fingerprint density at radius 2 is 2.12 bits per heavy atom. The minimum Gasteiger partial charge on any atom is -0.322 e. The van der Waals surface area contributed by atoms with Crippen LogP contribution in [0.1, 0.15) is 16.8 Å². The monoisotopic (exact) mass is 212 g/mol. The quantitative estimate of drug-likeness (QED) is 0.710. The molecule has 1 aromatic carbocycles. The number of hydrogen-bond donors (Lipinski definition) is 0. The highest BCUT2D eigenvalue weighted by Gasteiger charge is 2.54. The maximum atomic E-state index is 12.2. The molecule has 0 N–H and O–H groups in total. The van der Waals surface area contributed by atoms with Crippen LogP contribution in [0, 0.1) is 23.2 Å². The van der Waals surface area contributed by atoms with Crippen molar-refractivity contribution in [3.05, 3.63) is 35.9 Å². The molecular weight excluding hydrogens is 200 g/mol. The summed E-state index contributed by atoms with van der Waals surface area (Å²) in [7, 11) is 0. The first kappa shape index (κ1) is 9.41. The Balaban J connectivity index is 1.84. The number of carbonyl (C=O) groups excluding carboxylic acids is 1. The molecule has 80 valence electrons. The van der Waals surface area contributed by atoms with Gasteiger partial charge in [-0.1, -0.05) is 18.2 Å². The van der Waals surface area contributed by atoms with E-state index in [2.05, 4.69) is 6.07 Å². The molecule has 3 atom stereocenters. The van der Waals surface area contributed by atoms with Crippen molar-refractivity contribution < 1.29 is 4.79 Å². The van der Waals surface area contributed by atoms with Gasteiger partial charge in [0.15, 0.2) is 0 Å². The molecule has 1 saturated heterocycles. The van der Waals surface area contributed by atoms with Gasteiger partial charge in [0.25, 0.3) is 5.91 Å². The van der Waals surface area contributed by atoms with Crippen molar-refractivity contribution in [1.29, 1.82) is 5.26 Å². The van der Waals surface area contributed by atoms with E-state index in [0.717, 1.165) is 13.0 Å². The first-order valence-corrected chi connectivity index (χ1v) is 5.57. The fraction of sp³-hybridized carbons (Fsp3) is 0.385. The highest BCUT2D eigenvalue weighted by Crippen LogP contribution is 2.49. The lowest BCUT2D eigenvalue weighted by Crippen LogP contribution is -2.37. The second kappa shape index (κ2) is 3.34. The fourth-order valence-corrected chi connectivity index (χ4v) is 2.59. The highest BCUT2D eigenvalue weighted by molar-refractivity contribution is 5.95. The molecule has 1 saturated carbocycles. The third kappa shape index (κ3) is 1.30. The van der Waals surface area contributed by atoms with Gasteiger partial charge in [-0.3, -0.25) is 4.79 Å². The standard InChI is InChI=1S/C13H12N2O/c14-7-12-11-6-10(11)8-15(12)13(16)9-4-2-1-3-5-9/h1-5,10-12H,6,8H2. The molecule has 0 spiro atoms. The average molecular weight is 212 g/mol. The maximum absolute atomic E-state index is 12.2. The molecule has 1 aliphatic carbocycles. The second-order valence-electron chi connectivity index (χ2n) is 4.56. The molecule has 3 heteroatoms. The van der Waals surface area contributed by atoms with Crippen LogP contribution in [0.4, 0.5) is 0 Å². The summed E-state index contributed by atoms with van der Waals surface area (Å²) in [6.45, 7) is 0.761. The van der Waals surface area contributed by atoms with E-state index >= 15 is 0 Å². The summed E-state index contributed by atoms with van der Waals surface area (Å²) in [5.74, 6) is 1.02. The highest BCUT2D eigenvalue weighted by atomic mass is 16.2. The lowest BCUT2D eigenvalue weighted by molar-refractivity contribution is 0.0741. The molecule has 1 aromatic rings. The van der Waals surface area contributed by atoms with Gasteiger partial charge < -0.3 is 4.90 Å². The van der Waals surface area contributed by atoms with Crippen molar-refractivity contribution in [2.75, 3.05) is 6.54 Å². The maximum Gasteiger partial charge on any atom is 0.254 e. The van der Waals surface area contributed by atoms with Crippen LogP contribution in [0.15, 0.2) is 30.3 Å². The fourth-order valence-electron chi connectivity index (χ4n) is 2.59. The van der Waals surface area contributed by atoms with Crippen LogP contribution in [0.5, 0.6) is 0 Å². The number of nitrogens with zero attached hydrogens (tertiary/aromatic N) is 2. The van der Waals surface area contributed by atoms with Gasteiger partial charge in [-0.2, -0.15) is 5.26 Å². The van der Waals surface area contributed by atoms with Gasteiger partial charge in [0, 0.05) is 12.1 Å². The third-order valence-electron chi connectivity index (χ3n) is 3.56. The Labute approximate surface area is 94.3 Å². The van der Waals surface area contributed by atoms with Crippen LogP contribution < -0.4 is 0 Å². The number of amides is 1. The Kier molecular flexibility index (Phi) is 1.97. The number of benzene rings is 1. The summed E-state index contributed by atoms with van der Waals surface area (Å²) in [5.41, 5.74) is 0.684. The molecular formula is C13H12N2O. The SMILES string of the molecule is N#CC1C2CC2CN1C(=O)c1ccccc1. The minimum atomic E-state index is -0.197. The van der Waals surface area contributed by atoms with Crippen LogP contribution in [0.25, 0.3) is 0 Å². The summed E-state index contributed by atoms with van der Waals surface area (Å²) in [5, 5.41) is 9.09. The normalized spacial score (nSPS) is 30.7. The predicted molar refractivity (Wildman–Crippen MR) is 58.5 cm³/mol. The van der Waals surface area contributed by atoms with Crippen molar-refractivity contribution in [2.45, 2.75) is 12.5 Å². The molecule has 2 fully saturated rings. The first-order valence-electron chi connectivity index (χ1n) is 5.57. The van der Waals surface area contributed by atoms with Crippen LogP contribution in [-0.4, -0.2) is 23.4 Å². The van der Waals surface area contributed by atoms with Crippen LogP contribution in [-0.2, 0) is 0 Å². The summed E-state index contributed by atoms with van der Waals surface area (Å²) < 4.78 is 0. The Morgan fingerprint density at radius 1 is 1.38 bits per heavy atom. The largest absolute Gasteiger partial charge is 0.322 e. The van der Waals surface area contributed by atoms with Gasteiger partial charge in [0.1, 0.15) is 6.04 Å². The molecule has 1 heterocycles. The van der Waals surface area contributed by atoms with Crippen molar-refractivity contribution in [3.63, 3.8) is 0 Å². The number of hydrogen-bond acceptors (Lipinski definition) is 2. The molecule has 3 rings (SSSR count). The zero-order valence-corrected chi connectivity index (χ0v) is 8.84. The minimum absolute atomic E-state index is 0.000602. The van der Waals surface area contributed by atoms with Gasteiger partial charge in [-0.05, 0) is 30.4 Å². The number of rotatable bonds is 1. The first-order chi connectivity index (χ1) is 7.81. The summed E-state index contributed by atoms with van der Waals surface area (Å²) in [4.78, 5) is 13.9. The van der Waals surface area contributed by atoms with Gasteiger partial charge >= 0.3 is 0 Å². The van der Waals surface area contributed by atoms with E-state index in [4.69, 9.17) is 5.26 Å². The van der Waals surface area contributed by atoms with E-state index in [1.165, 1.54) is 0 Å². The summed E-state index contributed by atoms with van der Waals surface area (Å²) in [6, 6.07) is 11.3. The average Bonchev–Trinajstić information content (AvgIpc) is 3.01. The van der Waals surface area contributed by atoms with E-state index < -0.39 is 0 Å². The van der Waals surface area contributed by atoms with Gasteiger partial charge in [-0.15, -0.1) is 0 Å². The van der Waals surface area contributed by atoms with E-state index in [0.29, 0.717) is 17.4 Å². The van der Waals surface area contributed by atoms with Crippen molar-refractivity contribution in [1.82, 2.24) is 4.90 Å². The van der Waals surface area contributed by atoms with E-state index in [-0.39, 0.29) is 11.9 Å². The lowest BCUT2D eigenvalue weighted by atomic mass is 10.1. The molecule has 2 aliphatic rings. The lowest BCUT2D eigenvalue weighted by Gasteiger charge is -2.22. The number of nitriles is 1. The van der Waals surface area contributed by atoms with Gasteiger partial charge in [0.05, 0.1) is 6.07 Å². The van der Waals surface area contributed by atoms with E-state index in [9.17, 15) is 4.79 Å². The van der Waals surface area contributed by atoms with Crippen molar-refractivity contribution >= 4 is 5.91 Å². The van der Waals surface area contributed by atoms with E-state index in [1.807, 2.05) is 18.2 Å². The second-order valence-corrected chi connectivity index (χ2v) is 4.56. The number of carbonyl (C=O) groups is 1. The smallest absolute Gasteiger partial charge is 0.254 e. The number of piperidine rings is 1. The Bertz CT molecular complexity index is 463. The molecule has 0 bridgehead atoms. The molecule has 16 heavy (non-hydrogen) atoms. The third-order valence-corrected chi connectivity index (χ3v) is 3.56. The summed E-state index contributed by atoms with van der Waals surface area (Å²) >= 11 is 0. The topological polar surface area (TPSA) is 44.1 Å². The van der Waals surface area contributed by atoms with Crippen LogP contribution in [0.2, 0.25) is 0 Å². The zero-order valence-electron chi connectivity index (χ0n) is 8.84. The molecule has 3 nitrogen and oxygen atoms in total. The van der Waals surface area contributed by atoms with E-state index in [1.54, 1.807) is 17.0 Å². The summed E-state index contributed by atoms with van der Waals surface area (Å²) in [6.07, 6.45) is 1.12. The van der Waals surface area contributed by atoms with Crippen molar-refractivity contribution in [2.24, 2.45) is 11.8 Å². The van der Waals surface area contributed by atoms with Crippen molar-refractivity contribution in [3.8, 4) is 6.07 Å². The van der Waals surface area contributed by atoms with Gasteiger partial charge in [-0.25, -0.2) is 0 Å². The number of likely N-dealkylation sites (tertiary alicyclic amines) is 1.